The number of ether oxygens (including phenoxy) is 1. The molecular weight excluding hydrogens is 363 g/mol. The van der Waals surface area contributed by atoms with Crippen LogP contribution in [0.4, 0.5) is 4.39 Å². The molecule has 0 radical (unpaired) electrons. The molecule has 0 heterocycles. The first-order valence-electron chi connectivity index (χ1n) is 11.1. The fourth-order valence-corrected chi connectivity index (χ4v) is 5.35. The van der Waals surface area contributed by atoms with Crippen LogP contribution in [0, 0.1) is 23.6 Å². The predicted molar refractivity (Wildman–Crippen MR) is 114 cm³/mol. The molecule has 29 heavy (non-hydrogen) atoms. The van der Waals surface area contributed by atoms with E-state index in [1.165, 1.54) is 37.3 Å². The van der Waals surface area contributed by atoms with Crippen LogP contribution < -0.4 is 4.74 Å². The smallest absolute Gasteiger partial charge is 0.343 e. The first-order chi connectivity index (χ1) is 14.0. The van der Waals surface area contributed by atoms with E-state index in [-0.39, 0.29) is 17.3 Å². The van der Waals surface area contributed by atoms with Crippen LogP contribution in [-0.4, -0.2) is 5.97 Å². The summed E-state index contributed by atoms with van der Waals surface area (Å²) in [6, 6.07) is 12.3. The van der Waals surface area contributed by atoms with Crippen LogP contribution in [0.15, 0.2) is 42.5 Å². The lowest BCUT2D eigenvalue weighted by Gasteiger charge is -2.41. The molecule has 2 aliphatic rings. The van der Waals surface area contributed by atoms with Crippen molar-refractivity contribution in [3.8, 4) is 5.75 Å². The molecule has 2 aromatic rings. The molecule has 0 spiro atoms. The molecule has 154 valence electrons. The first kappa shape index (κ1) is 20.1. The highest BCUT2D eigenvalue weighted by Crippen LogP contribution is 2.47. The summed E-state index contributed by atoms with van der Waals surface area (Å²) in [6.07, 6.45) is 8.20. The predicted octanol–water partition coefficient (Wildman–Crippen LogP) is 6.93. The van der Waals surface area contributed by atoms with E-state index >= 15 is 0 Å². The van der Waals surface area contributed by atoms with Gasteiger partial charge in [-0.05, 0) is 97.6 Å². The van der Waals surface area contributed by atoms with E-state index in [9.17, 15) is 9.18 Å². The van der Waals surface area contributed by atoms with E-state index in [0.717, 1.165) is 42.6 Å². The Hall–Kier alpha value is -2.16. The third-order valence-electron chi connectivity index (χ3n) is 7.09. The maximum atomic E-state index is 14.9. The SMILES string of the molecule is CCc1ccc(OC(=O)c2ccc(C3CC[C@H]4C[C@@H](C)CC[C@@H]4C3)c(F)c2)cc1. The molecule has 2 aliphatic carbocycles. The minimum absolute atomic E-state index is 0.269. The number of benzene rings is 2. The van der Waals surface area contributed by atoms with Crippen LogP contribution in [0.25, 0.3) is 0 Å². The summed E-state index contributed by atoms with van der Waals surface area (Å²) in [5.74, 6) is 2.38. The average molecular weight is 395 g/mol. The van der Waals surface area contributed by atoms with Crippen LogP contribution >= 0.6 is 0 Å². The number of hydrogen-bond donors (Lipinski definition) is 0. The molecule has 0 aliphatic heterocycles. The van der Waals surface area contributed by atoms with Gasteiger partial charge in [0.15, 0.2) is 0 Å². The zero-order valence-electron chi connectivity index (χ0n) is 17.5. The highest BCUT2D eigenvalue weighted by atomic mass is 19.1. The van der Waals surface area contributed by atoms with Crippen LogP contribution in [0.1, 0.15) is 79.8 Å². The van der Waals surface area contributed by atoms with Gasteiger partial charge in [0, 0.05) is 0 Å². The molecule has 1 unspecified atom stereocenters. The van der Waals surface area contributed by atoms with Gasteiger partial charge in [0.2, 0.25) is 0 Å². The van der Waals surface area contributed by atoms with Gasteiger partial charge in [0.25, 0.3) is 0 Å². The second-order valence-corrected chi connectivity index (χ2v) is 9.07. The van der Waals surface area contributed by atoms with E-state index in [4.69, 9.17) is 4.74 Å². The standard InChI is InChI=1S/C26H31FO2/c1-3-18-5-11-23(12-6-18)29-26(28)22-10-13-24(25(27)16-22)21-9-8-19-14-17(2)4-7-20(19)15-21/h5-6,10-13,16-17,19-21H,3-4,7-9,14-15H2,1-2H3/t17-,19-,20+,21?/m0/s1. The van der Waals surface area contributed by atoms with Crippen LogP contribution in [0.3, 0.4) is 0 Å². The van der Waals surface area contributed by atoms with Crippen molar-refractivity contribution in [2.24, 2.45) is 17.8 Å². The Labute approximate surface area is 173 Å². The summed E-state index contributed by atoms with van der Waals surface area (Å²) in [6.45, 7) is 4.44. The molecule has 2 saturated carbocycles. The van der Waals surface area contributed by atoms with E-state index in [1.807, 2.05) is 18.2 Å². The third-order valence-corrected chi connectivity index (χ3v) is 7.09. The van der Waals surface area contributed by atoms with Crippen LogP contribution in [0.5, 0.6) is 5.75 Å². The van der Waals surface area contributed by atoms with Crippen LogP contribution in [-0.2, 0) is 6.42 Å². The van der Waals surface area contributed by atoms with Gasteiger partial charge in [-0.2, -0.15) is 0 Å². The molecule has 0 aromatic heterocycles. The van der Waals surface area contributed by atoms with Crippen molar-refractivity contribution in [1.82, 2.24) is 0 Å². The monoisotopic (exact) mass is 394 g/mol. The molecule has 0 amide bonds. The lowest BCUT2D eigenvalue weighted by atomic mass is 9.64. The van der Waals surface area contributed by atoms with E-state index in [0.29, 0.717) is 5.75 Å². The molecule has 4 atom stereocenters. The molecule has 4 rings (SSSR count). The van der Waals surface area contributed by atoms with Gasteiger partial charge < -0.3 is 4.74 Å². The van der Waals surface area contributed by atoms with Gasteiger partial charge in [-0.15, -0.1) is 0 Å². The Morgan fingerprint density at radius 1 is 1.00 bits per heavy atom. The largest absolute Gasteiger partial charge is 0.423 e. The Bertz CT molecular complexity index is 858. The summed E-state index contributed by atoms with van der Waals surface area (Å²) in [5.41, 5.74) is 2.22. The Morgan fingerprint density at radius 3 is 2.45 bits per heavy atom. The average Bonchev–Trinajstić information content (AvgIpc) is 2.74. The van der Waals surface area contributed by atoms with Gasteiger partial charge >= 0.3 is 5.97 Å². The van der Waals surface area contributed by atoms with Gasteiger partial charge in [-0.1, -0.05) is 38.5 Å². The lowest BCUT2D eigenvalue weighted by Crippen LogP contribution is -2.30. The van der Waals surface area contributed by atoms with Crippen molar-refractivity contribution in [2.75, 3.05) is 0 Å². The summed E-state index contributed by atoms with van der Waals surface area (Å²) in [4.78, 5) is 12.4. The quantitative estimate of drug-likeness (QED) is 0.415. The highest BCUT2D eigenvalue weighted by molar-refractivity contribution is 5.91. The molecule has 0 saturated heterocycles. The fourth-order valence-electron chi connectivity index (χ4n) is 5.35. The zero-order valence-corrected chi connectivity index (χ0v) is 17.5. The maximum Gasteiger partial charge on any atom is 0.343 e. The maximum absolute atomic E-state index is 14.9. The fraction of sp³-hybridized carbons (Fsp3) is 0.500. The van der Waals surface area contributed by atoms with E-state index < -0.39 is 5.97 Å². The molecule has 3 heteroatoms. The van der Waals surface area contributed by atoms with E-state index in [1.54, 1.807) is 18.2 Å². The van der Waals surface area contributed by atoms with Crippen LogP contribution in [0.2, 0.25) is 0 Å². The number of hydrogen-bond acceptors (Lipinski definition) is 2. The van der Waals surface area contributed by atoms with Gasteiger partial charge in [-0.25, -0.2) is 9.18 Å². The second kappa shape index (κ2) is 8.69. The van der Waals surface area contributed by atoms with Crippen molar-refractivity contribution < 1.29 is 13.9 Å². The van der Waals surface area contributed by atoms with Gasteiger partial charge in [-0.3, -0.25) is 0 Å². The van der Waals surface area contributed by atoms with Gasteiger partial charge in [0.05, 0.1) is 5.56 Å². The second-order valence-electron chi connectivity index (χ2n) is 9.07. The van der Waals surface area contributed by atoms with Crippen molar-refractivity contribution in [2.45, 2.75) is 64.7 Å². The zero-order chi connectivity index (χ0) is 20.4. The topological polar surface area (TPSA) is 26.3 Å². The van der Waals surface area contributed by atoms with E-state index in [2.05, 4.69) is 13.8 Å². The number of halogens is 1. The number of aryl methyl sites for hydroxylation is 1. The molecule has 2 aromatic carbocycles. The van der Waals surface area contributed by atoms with Crippen molar-refractivity contribution in [1.29, 1.82) is 0 Å². The summed E-state index contributed by atoms with van der Waals surface area (Å²) in [7, 11) is 0. The third kappa shape index (κ3) is 4.55. The molecular formula is C26H31FO2. The lowest BCUT2D eigenvalue weighted by molar-refractivity contribution is 0.0734. The highest BCUT2D eigenvalue weighted by Gasteiger charge is 2.35. The minimum atomic E-state index is -0.510. The van der Waals surface area contributed by atoms with Crippen molar-refractivity contribution in [3.05, 3.63) is 65.0 Å². The Balaban J connectivity index is 1.43. The summed E-state index contributed by atoms with van der Waals surface area (Å²) in [5, 5.41) is 0. The van der Waals surface area contributed by atoms with Crippen molar-refractivity contribution >= 4 is 5.97 Å². The minimum Gasteiger partial charge on any atom is -0.423 e. The molecule has 2 fully saturated rings. The first-order valence-corrected chi connectivity index (χ1v) is 11.1. The summed E-state index contributed by atoms with van der Waals surface area (Å²) < 4.78 is 20.3. The number of carbonyl (C=O) groups is 1. The number of rotatable bonds is 4. The van der Waals surface area contributed by atoms with Crippen molar-refractivity contribution in [3.63, 3.8) is 0 Å². The molecule has 0 bridgehead atoms. The molecule has 0 N–H and O–H groups in total. The Morgan fingerprint density at radius 2 is 1.72 bits per heavy atom. The molecule has 2 nitrogen and oxygen atoms in total. The number of esters is 1. The Kier molecular flexibility index (Phi) is 6.03. The number of fused-ring (bicyclic) bond motifs is 1. The van der Waals surface area contributed by atoms with Gasteiger partial charge in [0.1, 0.15) is 11.6 Å². The normalized spacial score (nSPS) is 26.6. The number of carbonyl (C=O) groups excluding carboxylic acids is 1. The summed E-state index contributed by atoms with van der Waals surface area (Å²) >= 11 is 0.